The quantitative estimate of drug-likeness (QED) is 0.288. The third-order valence-corrected chi connectivity index (χ3v) is 6.24. The zero-order valence-electron chi connectivity index (χ0n) is 20.0. The first-order chi connectivity index (χ1) is 17.2. The molecular weight excluding hydrogens is 481 g/mol. The SMILES string of the molecule is CN(C(=O)/C=C/CN(C)C1CC1)c1cc(Nc2ncnc(N)c2C(=N)c2ccc(Cl)cc2)ccc1F. The summed E-state index contributed by atoms with van der Waals surface area (Å²) in [6.45, 7) is 0.659. The number of nitrogens with two attached hydrogens (primary N) is 1. The highest BCUT2D eigenvalue weighted by atomic mass is 35.5. The van der Waals surface area contributed by atoms with Gasteiger partial charge in [-0.2, -0.15) is 0 Å². The van der Waals surface area contributed by atoms with Crippen molar-refractivity contribution in [1.29, 1.82) is 5.41 Å². The first kappa shape index (κ1) is 25.3. The van der Waals surface area contributed by atoms with Crippen molar-refractivity contribution in [2.75, 3.05) is 36.6 Å². The first-order valence-electron chi connectivity index (χ1n) is 11.4. The van der Waals surface area contributed by atoms with Crippen LogP contribution in [0.4, 0.5) is 27.4 Å². The molecule has 0 bridgehead atoms. The molecule has 0 atom stereocenters. The number of carbonyl (C=O) groups excluding carboxylic acids is 1. The largest absolute Gasteiger partial charge is 0.383 e. The molecule has 3 aromatic rings. The van der Waals surface area contributed by atoms with Crippen molar-refractivity contribution < 1.29 is 9.18 Å². The number of nitrogen functional groups attached to an aromatic ring is 1. The number of nitrogens with one attached hydrogen (secondary N) is 2. The van der Waals surface area contributed by atoms with Crippen LogP contribution >= 0.6 is 11.6 Å². The van der Waals surface area contributed by atoms with Gasteiger partial charge >= 0.3 is 0 Å². The molecule has 8 nitrogen and oxygen atoms in total. The van der Waals surface area contributed by atoms with E-state index in [9.17, 15) is 9.18 Å². The summed E-state index contributed by atoms with van der Waals surface area (Å²) < 4.78 is 14.7. The maximum Gasteiger partial charge on any atom is 0.250 e. The maximum atomic E-state index is 14.7. The lowest BCUT2D eigenvalue weighted by atomic mass is 10.0. The molecule has 1 aliphatic carbocycles. The predicted molar refractivity (Wildman–Crippen MR) is 142 cm³/mol. The number of amides is 1. The van der Waals surface area contributed by atoms with Gasteiger partial charge in [0.2, 0.25) is 0 Å². The van der Waals surface area contributed by atoms with Crippen LogP contribution in [0.2, 0.25) is 5.02 Å². The number of benzene rings is 2. The topological polar surface area (TPSA) is 111 Å². The van der Waals surface area contributed by atoms with Gasteiger partial charge in [-0.25, -0.2) is 14.4 Å². The molecular formula is C26H27ClFN7O. The van der Waals surface area contributed by atoms with Crippen molar-refractivity contribution in [2.45, 2.75) is 18.9 Å². The van der Waals surface area contributed by atoms with Crippen LogP contribution in [0, 0.1) is 11.2 Å². The Morgan fingerprint density at radius 3 is 2.64 bits per heavy atom. The van der Waals surface area contributed by atoms with E-state index < -0.39 is 5.82 Å². The van der Waals surface area contributed by atoms with E-state index in [2.05, 4.69) is 20.2 Å². The van der Waals surface area contributed by atoms with Crippen molar-refractivity contribution in [3.05, 3.63) is 82.9 Å². The Hall–Kier alpha value is -3.82. The van der Waals surface area contributed by atoms with Gasteiger partial charge in [-0.3, -0.25) is 15.1 Å². The molecule has 4 N–H and O–H groups in total. The van der Waals surface area contributed by atoms with Gasteiger partial charge in [0.15, 0.2) is 0 Å². The fourth-order valence-electron chi connectivity index (χ4n) is 3.70. The summed E-state index contributed by atoms with van der Waals surface area (Å²) in [7, 11) is 3.54. The van der Waals surface area contributed by atoms with Gasteiger partial charge in [-0.05, 0) is 50.2 Å². The van der Waals surface area contributed by atoms with Gasteiger partial charge in [0, 0.05) is 42.0 Å². The molecule has 1 saturated carbocycles. The highest BCUT2D eigenvalue weighted by Gasteiger charge is 2.25. The predicted octanol–water partition coefficient (Wildman–Crippen LogP) is 4.62. The third kappa shape index (κ3) is 5.87. The van der Waals surface area contributed by atoms with Crippen LogP contribution in [0.15, 0.2) is 60.9 Å². The van der Waals surface area contributed by atoms with Crippen LogP contribution in [-0.2, 0) is 4.79 Å². The average molecular weight is 508 g/mol. The molecule has 1 amide bonds. The van der Waals surface area contributed by atoms with E-state index in [1.54, 1.807) is 30.3 Å². The molecule has 4 rings (SSSR count). The molecule has 1 aromatic heterocycles. The Labute approximate surface area is 214 Å². The van der Waals surface area contributed by atoms with E-state index in [-0.39, 0.29) is 34.5 Å². The van der Waals surface area contributed by atoms with E-state index in [0.717, 1.165) is 0 Å². The molecule has 1 fully saturated rings. The number of anilines is 4. The molecule has 0 unspecified atom stereocenters. The Balaban J connectivity index is 1.55. The number of nitrogens with zero attached hydrogens (tertiary/aromatic N) is 4. The van der Waals surface area contributed by atoms with Gasteiger partial charge in [-0.1, -0.05) is 29.8 Å². The van der Waals surface area contributed by atoms with Gasteiger partial charge < -0.3 is 16.0 Å². The minimum absolute atomic E-state index is 0.0987. The van der Waals surface area contributed by atoms with Crippen LogP contribution in [0.3, 0.4) is 0 Å². The van der Waals surface area contributed by atoms with Crippen molar-refractivity contribution in [1.82, 2.24) is 14.9 Å². The second-order valence-corrected chi connectivity index (χ2v) is 9.06. The third-order valence-electron chi connectivity index (χ3n) is 5.98. The second-order valence-electron chi connectivity index (χ2n) is 8.63. The summed E-state index contributed by atoms with van der Waals surface area (Å²) in [5.74, 6) is -0.497. The Morgan fingerprint density at radius 1 is 1.22 bits per heavy atom. The van der Waals surface area contributed by atoms with Gasteiger partial charge in [0.25, 0.3) is 5.91 Å². The monoisotopic (exact) mass is 507 g/mol. The van der Waals surface area contributed by atoms with Crippen molar-refractivity contribution in [2.24, 2.45) is 0 Å². The summed E-state index contributed by atoms with van der Waals surface area (Å²) in [6.07, 6.45) is 6.88. The zero-order valence-corrected chi connectivity index (χ0v) is 20.8. The molecule has 0 saturated heterocycles. The summed E-state index contributed by atoms with van der Waals surface area (Å²) >= 11 is 5.97. The molecule has 2 aromatic carbocycles. The Bertz CT molecular complexity index is 1310. The summed E-state index contributed by atoms with van der Waals surface area (Å²) in [6, 6.07) is 11.6. The number of carbonyl (C=O) groups is 1. The van der Waals surface area contributed by atoms with E-state index in [1.807, 2.05) is 7.05 Å². The number of likely N-dealkylation sites (N-methyl/N-ethyl adjacent to an activating group) is 2. The van der Waals surface area contributed by atoms with E-state index in [4.69, 9.17) is 22.7 Å². The van der Waals surface area contributed by atoms with Gasteiger partial charge in [0.1, 0.15) is 23.8 Å². The standard InChI is InChI=1S/C26H27ClFN7O/c1-34(19-10-11-19)13-3-4-22(36)35(2)21-14-18(9-12-20(21)28)33-26-23(25(30)31-15-32-26)24(29)16-5-7-17(27)8-6-16/h3-9,12,14-15,19,29H,10-11,13H2,1-2H3,(H3,30,31,32,33)/b4-3+,29-24?. The molecule has 186 valence electrons. The fraction of sp³-hybridized carbons (Fsp3) is 0.231. The lowest BCUT2D eigenvalue weighted by Crippen LogP contribution is -2.26. The minimum atomic E-state index is -0.545. The van der Waals surface area contributed by atoms with Crippen molar-refractivity contribution >= 4 is 46.2 Å². The highest BCUT2D eigenvalue weighted by Crippen LogP contribution is 2.29. The van der Waals surface area contributed by atoms with E-state index in [0.29, 0.717) is 28.9 Å². The van der Waals surface area contributed by atoms with Crippen molar-refractivity contribution in [3.8, 4) is 0 Å². The average Bonchev–Trinajstić information content (AvgIpc) is 3.71. The van der Waals surface area contributed by atoms with Gasteiger partial charge in [0.05, 0.1) is 17.0 Å². The molecule has 0 aliphatic heterocycles. The van der Waals surface area contributed by atoms with Crippen LogP contribution in [0.5, 0.6) is 0 Å². The molecule has 36 heavy (non-hydrogen) atoms. The minimum Gasteiger partial charge on any atom is -0.383 e. The lowest BCUT2D eigenvalue weighted by molar-refractivity contribution is -0.113. The Kier molecular flexibility index (Phi) is 7.61. The summed E-state index contributed by atoms with van der Waals surface area (Å²) in [4.78, 5) is 24.4. The molecule has 0 radical (unpaired) electrons. The number of hydrogen-bond donors (Lipinski definition) is 3. The fourth-order valence-corrected chi connectivity index (χ4v) is 3.83. The van der Waals surface area contributed by atoms with Crippen LogP contribution in [-0.4, -0.2) is 53.2 Å². The number of rotatable bonds is 9. The van der Waals surface area contributed by atoms with Crippen LogP contribution in [0.1, 0.15) is 24.0 Å². The lowest BCUT2D eigenvalue weighted by Gasteiger charge is -2.19. The first-order valence-corrected chi connectivity index (χ1v) is 11.8. The van der Waals surface area contributed by atoms with Crippen molar-refractivity contribution in [3.63, 3.8) is 0 Å². The van der Waals surface area contributed by atoms with Gasteiger partial charge in [-0.15, -0.1) is 0 Å². The number of aromatic nitrogens is 2. The maximum absolute atomic E-state index is 14.7. The normalized spacial score (nSPS) is 13.2. The highest BCUT2D eigenvalue weighted by molar-refractivity contribution is 6.30. The molecule has 10 heteroatoms. The second kappa shape index (κ2) is 10.8. The molecule has 1 aliphatic rings. The van der Waals surface area contributed by atoms with E-state index >= 15 is 0 Å². The molecule has 1 heterocycles. The number of hydrogen-bond acceptors (Lipinski definition) is 7. The van der Waals surface area contributed by atoms with Crippen LogP contribution in [0.25, 0.3) is 0 Å². The molecule has 0 spiro atoms. The summed E-state index contributed by atoms with van der Waals surface area (Å²) in [5, 5.41) is 12.3. The Morgan fingerprint density at radius 2 is 1.94 bits per heavy atom. The zero-order chi connectivity index (χ0) is 25.8. The van der Waals surface area contributed by atoms with E-state index in [1.165, 1.54) is 55.4 Å². The van der Waals surface area contributed by atoms with Crippen LogP contribution < -0.4 is 16.0 Å². The smallest absolute Gasteiger partial charge is 0.250 e. The summed E-state index contributed by atoms with van der Waals surface area (Å²) in [5.41, 5.74) is 7.62. The number of halogens is 2.